The van der Waals surface area contributed by atoms with Crippen LogP contribution in [-0.4, -0.2) is 52.4 Å². The Morgan fingerprint density at radius 1 is 0.808 bits per heavy atom. The number of rotatable bonds is 3. The third-order valence-electron chi connectivity index (χ3n) is 5.45. The van der Waals surface area contributed by atoms with Crippen LogP contribution in [0.2, 0.25) is 0 Å². The first-order valence-corrected chi connectivity index (χ1v) is 9.38. The summed E-state index contributed by atoms with van der Waals surface area (Å²) in [6.07, 6.45) is 2.06. The van der Waals surface area contributed by atoms with Gasteiger partial charge in [-0.2, -0.15) is 0 Å². The molecule has 2 aromatic rings. The van der Waals surface area contributed by atoms with Crippen LogP contribution in [0.1, 0.15) is 34.6 Å². The molecule has 0 unspecified atom stereocenters. The zero-order valence-corrected chi connectivity index (χ0v) is 15.4. The number of aromatic nitrogens is 1. The number of benzene rings is 1. The maximum absolute atomic E-state index is 12.8. The molecule has 4 rings (SSSR count). The summed E-state index contributed by atoms with van der Waals surface area (Å²) < 4.78 is 2.18. The molecule has 1 aliphatic heterocycles. The summed E-state index contributed by atoms with van der Waals surface area (Å²) in [7, 11) is 0. The van der Waals surface area contributed by atoms with E-state index in [1.807, 2.05) is 34.1 Å². The van der Waals surface area contributed by atoms with Crippen LogP contribution >= 0.6 is 0 Å². The highest BCUT2D eigenvalue weighted by molar-refractivity contribution is 5.94. The van der Waals surface area contributed by atoms with Gasteiger partial charge in [0.05, 0.1) is 0 Å². The topological polar surface area (TPSA) is 45.6 Å². The zero-order chi connectivity index (χ0) is 18.3. The first-order chi connectivity index (χ1) is 12.5. The quantitative estimate of drug-likeness (QED) is 0.854. The van der Waals surface area contributed by atoms with Crippen molar-refractivity contribution in [1.29, 1.82) is 0 Å². The number of nitrogens with zero attached hydrogens (tertiary/aromatic N) is 3. The van der Waals surface area contributed by atoms with E-state index in [2.05, 4.69) is 30.5 Å². The third-order valence-corrected chi connectivity index (χ3v) is 5.45. The Kier molecular flexibility index (Phi) is 4.31. The Hall–Kier alpha value is -2.56. The number of piperazine rings is 1. The van der Waals surface area contributed by atoms with Gasteiger partial charge in [-0.05, 0) is 63.1 Å². The fourth-order valence-corrected chi connectivity index (χ4v) is 3.73. The number of hydrogen-bond acceptors (Lipinski definition) is 2. The summed E-state index contributed by atoms with van der Waals surface area (Å²) in [5.41, 5.74) is 4.13. The van der Waals surface area contributed by atoms with Crippen molar-refractivity contribution in [1.82, 2.24) is 14.4 Å². The molecule has 1 aromatic heterocycles. The van der Waals surface area contributed by atoms with Crippen molar-refractivity contribution < 1.29 is 9.59 Å². The van der Waals surface area contributed by atoms with E-state index in [0.717, 1.165) is 18.5 Å². The lowest BCUT2D eigenvalue weighted by atomic mass is 10.1. The van der Waals surface area contributed by atoms with Gasteiger partial charge in [-0.15, -0.1) is 0 Å². The molecule has 2 fully saturated rings. The first kappa shape index (κ1) is 16.9. The zero-order valence-electron chi connectivity index (χ0n) is 15.4. The second-order valence-corrected chi connectivity index (χ2v) is 7.39. The molecule has 2 heterocycles. The average molecular weight is 351 g/mol. The lowest BCUT2D eigenvalue weighted by molar-refractivity contribution is -0.134. The summed E-state index contributed by atoms with van der Waals surface area (Å²) in [6.45, 7) is 6.70. The van der Waals surface area contributed by atoms with Crippen LogP contribution in [0.4, 0.5) is 0 Å². The highest BCUT2D eigenvalue weighted by Crippen LogP contribution is 2.31. The van der Waals surface area contributed by atoms with Gasteiger partial charge < -0.3 is 14.4 Å². The minimum atomic E-state index is 0.0519. The van der Waals surface area contributed by atoms with Crippen molar-refractivity contribution in [2.45, 2.75) is 26.7 Å². The van der Waals surface area contributed by atoms with E-state index in [-0.39, 0.29) is 17.7 Å². The molecule has 5 nitrogen and oxygen atoms in total. The van der Waals surface area contributed by atoms with E-state index in [9.17, 15) is 9.59 Å². The minimum Gasteiger partial charge on any atom is -0.339 e. The molecule has 1 aromatic carbocycles. The molecule has 0 radical (unpaired) electrons. The number of carbonyl (C=O) groups is 2. The molecule has 0 spiro atoms. The third kappa shape index (κ3) is 3.14. The van der Waals surface area contributed by atoms with Crippen LogP contribution in [0.15, 0.2) is 36.4 Å². The van der Waals surface area contributed by atoms with Gasteiger partial charge in [0.1, 0.15) is 0 Å². The molecule has 1 saturated heterocycles. The Morgan fingerprint density at radius 2 is 1.35 bits per heavy atom. The van der Waals surface area contributed by atoms with Crippen LogP contribution < -0.4 is 0 Å². The predicted molar refractivity (Wildman–Crippen MR) is 100 cm³/mol. The van der Waals surface area contributed by atoms with E-state index < -0.39 is 0 Å². The lowest BCUT2D eigenvalue weighted by Gasteiger charge is -2.35. The molecule has 1 aliphatic carbocycles. The Bertz CT molecular complexity index is 806. The van der Waals surface area contributed by atoms with Gasteiger partial charge in [0.15, 0.2) is 0 Å². The molecule has 1 saturated carbocycles. The van der Waals surface area contributed by atoms with Crippen molar-refractivity contribution in [2.75, 3.05) is 26.2 Å². The molecule has 136 valence electrons. The van der Waals surface area contributed by atoms with Crippen LogP contribution in [-0.2, 0) is 4.79 Å². The monoisotopic (exact) mass is 351 g/mol. The molecule has 0 bridgehead atoms. The smallest absolute Gasteiger partial charge is 0.253 e. The van der Waals surface area contributed by atoms with E-state index in [1.165, 1.54) is 11.4 Å². The van der Waals surface area contributed by atoms with Crippen LogP contribution in [0.5, 0.6) is 0 Å². The van der Waals surface area contributed by atoms with Gasteiger partial charge in [0.2, 0.25) is 5.91 Å². The standard InChI is InChI=1S/C21H25N3O2/c1-15-3-4-16(2)24(15)19-9-7-18(8-10-19)21(26)23-13-11-22(12-14-23)20(25)17-5-6-17/h3-4,7-10,17H,5-6,11-14H2,1-2H3. The normalized spacial score (nSPS) is 17.5. The fraction of sp³-hybridized carbons (Fsp3) is 0.429. The van der Waals surface area contributed by atoms with E-state index >= 15 is 0 Å². The van der Waals surface area contributed by atoms with E-state index in [4.69, 9.17) is 0 Å². The molecule has 2 amide bonds. The Morgan fingerprint density at radius 3 is 1.88 bits per heavy atom. The predicted octanol–water partition coefficient (Wildman–Crippen LogP) is 2.79. The van der Waals surface area contributed by atoms with Gasteiger partial charge in [-0.1, -0.05) is 0 Å². The Labute approximate surface area is 154 Å². The van der Waals surface area contributed by atoms with Gasteiger partial charge >= 0.3 is 0 Å². The molecular formula is C21H25N3O2. The Balaban J connectivity index is 1.41. The van der Waals surface area contributed by atoms with Crippen LogP contribution in [0, 0.1) is 19.8 Å². The largest absolute Gasteiger partial charge is 0.339 e. The average Bonchev–Trinajstić information content (AvgIpc) is 3.46. The first-order valence-electron chi connectivity index (χ1n) is 9.38. The summed E-state index contributed by atoms with van der Waals surface area (Å²) >= 11 is 0. The second-order valence-electron chi connectivity index (χ2n) is 7.39. The number of aryl methyl sites for hydroxylation is 2. The number of hydrogen-bond donors (Lipinski definition) is 0. The van der Waals surface area contributed by atoms with Crippen molar-refractivity contribution in [3.05, 3.63) is 53.3 Å². The second kappa shape index (κ2) is 6.63. The lowest BCUT2D eigenvalue weighted by Crippen LogP contribution is -2.51. The molecule has 0 atom stereocenters. The summed E-state index contributed by atoms with van der Waals surface area (Å²) in [5.74, 6) is 0.584. The van der Waals surface area contributed by atoms with Crippen molar-refractivity contribution in [3.8, 4) is 5.69 Å². The summed E-state index contributed by atoms with van der Waals surface area (Å²) in [5, 5.41) is 0. The molecular weight excluding hydrogens is 326 g/mol. The summed E-state index contributed by atoms with van der Waals surface area (Å²) in [4.78, 5) is 28.7. The SMILES string of the molecule is Cc1ccc(C)n1-c1ccc(C(=O)N2CCN(C(=O)C3CC3)CC2)cc1. The van der Waals surface area contributed by atoms with Gasteiger partial charge in [0, 0.05) is 54.7 Å². The number of amides is 2. The van der Waals surface area contributed by atoms with E-state index in [1.54, 1.807) is 0 Å². The maximum atomic E-state index is 12.8. The van der Waals surface area contributed by atoms with Crippen LogP contribution in [0.25, 0.3) is 5.69 Å². The van der Waals surface area contributed by atoms with Crippen molar-refractivity contribution in [3.63, 3.8) is 0 Å². The van der Waals surface area contributed by atoms with Gasteiger partial charge in [0.25, 0.3) is 5.91 Å². The molecule has 0 N–H and O–H groups in total. The molecule has 26 heavy (non-hydrogen) atoms. The maximum Gasteiger partial charge on any atom is 0.253 e. The van der Waals surface area contributed by atoms with Crippen molar-refractivity contribution >= 4 is 11.8 Å². The number of carbonyl (C=O) groups excluding carboxylic acids is 2. The fourth-order valence-electron chi connectivity index (χ4n) is 3.73. The van der Waals surface area contributed by atoms with E-state index in [0.29, 0.717) is 31.7 Å². The van der Waals surface area contributed by atoms with Crippen molar-refractivity contribution in [2.24, 2.45) is 5.92 Å². The molecule has 5 heteroatoms. The summed E-state index contributed by atoms with van der Waals surface area (Å²) in [6, 6.07) is 12.0. The molecule has 2 aliphatic rings. The van der Waals surface area contributed by atoms with Gasteiger partial charge in [-0.25, -0.2) is 0 Å². The van der Waals surface area contributed by atoms with Gasteiger partial charge in [-0.3, -0.25) is 9.59 Å². The highest BCUT2D eigenvalue weighted by atomic mass is 16.2. The van der Waals surface area contributed by atoms with Crippen LogP contribution in [0.3, 0.4) is 0 Å². The minimum absolute atomic E-state index is 0.0519. The highest BCUT2D eigenvalue weighted by Gasteiger charge is 2.35.